The zero-order valence-electron chi connectivity index (χ0n) is 19.4. The number of amides is 3. The molecule has 3 rings (SSSR count). The van der Waals surface area contributed by atoms with Gasteiger partial charge in [0, 0.05) is 24.0 Å². The van der Waals surface area contributed by atoms with Crippen LogP contribution in [0.25, 0.3) is 0 Å². The zero-order valence-corrected chi connectivity index (χ0v) is 20.2. The van der Waals surface area contributed by atoms with Crippen LogP contribution in [0.15, 0.2) is 0 Å². The summed E-state index contributed by atoms with van der Waals surface area (Å²) in [6.07, 6.45) is 2.34. The monoisotopic (exact) mass is 446 g/mol. The molecule has 1 aliphatic heterocycles. The zero-order chi connectivity index (χ0) is 23.1. The lowest BCUT2D eigenvalue weighted by Gasteiger charge is -2.45. The molecular formula is C22H34N6O2S. The van der Waals surface area contributed by atoms with E-state index in [1.165, 1.54) is 21.1 Å². The van der Waals surface area contributed by atoms with Crippen molar-refractivity contribution in [3.63, 3.8) is 0 Å². The van der Waals surface area contributed by atoms with E-state index in [9.17, 15) is 14.9 Å². The fourth-order valence-electron chi connectivity index (χ4n) is 4.71. The predicted molar refractivity (Wildman–Crippen MR) is 123 cm³/mol. The molecule has 0 unspecified atom stereocenters. The first kappa shape index (κ1) is 23.5. The number of nitriles is 1. The molecule has 1 saturated heterocycles. The molecule has 170 valence electrons. The van der Waals surface area contributed by atoms with E-state index in [0.29, 0.717) is 29.7 Å². The van der Waals surface area contributed by atoms with Crippen molar-refractivity contribution in [1.82, 2.24) is 20.0 Å². The summed E-state index contributed by atoms with van der Waals surface area (Å²) in [4.78, 5) is 33.0. The summed E-state index contributed by atoms with van der Waals surface area (Å²) in [6.45, 7) is 6.59. The van der Waals surface area contributed by atoms with Crippen molar-refractivity contribution < 1.29 is 9.59 Å². The van der Waals surface area contributed by atoms with E-state index in [1.54, 1.807) is 0 Å². The average Bonchev–Trinajstić information content (AvgIpc) is 3.00. The van der Waals surface area contributed by atoms with Gasteiger partial charge in [0.25, 0.3) is 0 Å². The molecule has 31 heavy (non-hydrogen) atoms. The second-order valence-corrected chi connectivity index (χ2v) is 10.6. The van der Waals surface area contributed by atoms with Crippen LogP contribution in [-0.2, 0) is 17.6 Å². The van der Waals surface area contributed by atoms with Crippen molar-refractivity contribution >= 4 is 28.3 Å². The lowest BCUT2D eigenvalue weighted by atomic mass is 9.74. The highest BCUT2D eigenvalue weighted by Gasteiger charge is 2.43. The van der Waals surface area contributed by atoms with Gasteiger partial charge in [-0.25, -0.2) is 4.79 Å². The highest BCUT2D eigenvalue weighted by atomic mass is 32.1. The number of carbonyl (C=O) groups excluding carboxylic acids is 2. The smallest absolute Gasteiger partial charge is 0.325 e. The van der Waals surface area contributed by atoms with Crippen LogP contribution in [0.5, 0.6) is 0 Å². The first-order chi connectivity index (χ1) is 14.5. The first-order valence-corrected chi connectivity index (χ1v) is 11.6. The quantitative estimate of drug-likeness (QED) is 0.686. The predicted octanol–water partition coefficient (Wildman–Crippen LogP) is 2.09. The normalized spacial score (nSPS) is 23.6. The van der Waals surface area contributed by atoms with Gasteiger partial charge < -0.3 is 16.0 Å². The highest BCUT2D eigenvalue weighted by Crippen LogP contribution is 2.43. The number of nitrogens with zero attached hydrogens (tertiary/aromatic N) is 4. The summed E-state index contributed by atoms with van der Waals surface area (Å²) in [5.41, 5.74) is 7.17. The van der Waals surface area contributed by atoms with E-state index >= 15 is 0 Å². The number of likely N-dealkylation sites (N-methyl/N-ethyl adjacent to an activating group) is 1. The molecule has 2 aliphatic rings. The van der Waals surface area contributed by atoms with Crippen LogP contribution in [0.2, 0.25) is 0 Å². The molecule has 0 spiro atoms. The molecule has 0 aromatic carbocycles. The van der Waals surface area contributed by atoms with Crippen molar-refractivity contribution in [3.05, 3.63) is 16.0 Å². The van der Waals surface area contributed by atoms with E-state index in [2.05, 4.69) is 23.3 Å². The molecular weight excluding hydrogens is 412 g/mol. The summed E-state index contributed by atoms with van der Waals surface area (Å²) in [5, 5.41) is 13.1. The standard InChI is InChI=1S/C22H34N6O2S/c1-7-28(21(30)25-22(2,3)26(4)5)20(29)14-8-13-9-15-16(11-23)19(24)31-18(15)10-17(13)27(6)12-14/h13-14,17H,7-10,12,24H2,1-6H3,(H,25,30)/t13-,14-,17-/m1/s1. The number of nitrogen functional groups attached to an aromatic ring is 1. The Hall–Kier alpha value is -2.15. The molecule has 1 fully saturated rings. The molecule has 2 heterocycles. The topological polar surface area (TPSA) is 106 Å². The van der Waals surface area contributed by atoms with E-state index in [-0.39, 0.29) is 23.8 Å². The Kier molecular flexibility index (Phi) is 6.65. The Bertz CT molecular complexity index is 903. The van der Waals surface area contributed by atoms with Crippen LogP contribution in [0.4, 0.5) is 9.80 Å². The molecule has 0 bridgehead atoms. The fourth-order valence-corrected chi connectivity index (χ4v) is 5.81. The average molecular weight is 447 g/mol. The number of imide groups is 1. The maximum Gasteiger partial charge on any atom is 0.325 e. The summed E-state index contributed by atoms with van der Waals surface area (Å²) in [7, 11) is 5.83. The third-order valence-corrected chi connectivity index (χ3v) is 8.09. The van der Waals surface area contributed by atoms with Gasteiger partial charge in [-0.05, 0) is 72.7 Å². The number of piperidine rings is 1. The Balaban J connectivity index is 1.76. The van der Waals surface area contributed by atoms with Gasteiger partial charge in [-0.1, -0.05) is 0 Å². The first-order valence-electron chi connectivity index (χ1n) is 10.8. The summed E-state index contributed by atoms with van der Waals surface area (Å²) in [6, 6.07) is 2.23. The third-order valence-electron chi connectivity index (χ3n) is 7.00. The van der Waals surface area contributed by atoms with Crippen molar-refractivity contribution in [1.29, 1.82) is 5.26 Å². The SMILES string of the molecule is CCN(C(=O)NC(C)(C)N(C)C)C(=O)[C@@H]1C[C@@H]2Cc3c(sc(N)c3C#N)C[C@H]2N(C)C1. The lowest BCUT2D eigenvalue weighted by molar-refractivity contribution is -0.135. The minimum Gasteiger partial charge on any atom is -0.389 e. The van der Waals surface area contributed by atoms with Crippen LogP contribution in [-0.4, -0.2) is 72.6 Å². The number of carbonyl (C=O) groups is 2. The minimum atomic E-state index is -0.564. The summed E-state index contributed by atoms with van der Waals surface area (Å²) >= 11 is 1.52. The van der Waals surface area contributed by atoms with Gasteiger partial charge in [-0.15, -0.1) is 11.3 Å². The van der Waals surface area contributed by atoms with Crippen molar-refractivity contribution in [2.45, 2.75) is 51.7 Å². The Morgan fingerprint density at radius 2 is 2.03 bits per heavy atom. The highest BCUT2D eigenvalue weighted by molar-refractivity contribution is 7.16. The van der Waals surface area contributed by atoms with Crippen molar-refractivity contribution in [2.75, 3.05) is 40.0 Å². The maximum atomic E-state index is 13.4. The van der Waals surface area contributed by atoms with Gasteiger partial charge in [0.15, 0.2) is 0 Å². The number of nitrogens with one attached hydrogen (secondary N) is 1. The maximum absolute atomic E-state index is 13.4. The van der Waals surface area contributed by atoms with Crippen LogP contribution in [0, 0.1) is 23.2 Å². The summed E-state index contributed by atoms with van der Waals surface area (Å²) < 4.78 is 0. The molecule has 3 N–H and O–H groups in total. The molecule has 3 atom stereocenters. The van der Waals surface area contributed by atoms with Crippen LogP contribution >= 0.6 is 11.3 Å². The Morgan fingerprint density at radius 3 is 2.61 bits per heavy atom. The summed E-state index contributed by atoms with van der Waals surface area (Å²) in [5.74, 6) is -0.111. The fraction of sp³-hybridized carbons (Fsp3) is 0.682. The Labute approximate surface area is 189 Å². The molecule has 0 radical (unpaired) electrons. The van der Waals surface area contributed by atoms with Crippen LogP contribution < -0.4 is 11.1 Å². The number of hydrogen-bond acceptors (Lipinski definition) is 7. The molecule has 0 saturated carbocycles. The van der Waals surface area contributed by atoms with Gasteiger partial charge in [-0.2, -0.15) is 5.26 Å². The number of rotatable bonds is 4. The third kappa shape index (κ3) is 4.43. The van der Waals surface area contributed by atoms with Crippen LogP contribution in [0.3, 0.4) is 0 Å². The lowest BCUT2D eigenvalue weighted by Crippen LogP contribution is -2.60. The number of hydrogen-bond donors (Lipinski definition) is 2. The number of nitrogens with two attached hydrogens (primary N) is 1. The molecule has 1 aromatic rings. The largest absolute Gasteiger partial charge is 0.389 e. The van der Waals surface area contributed by atoms with Crippen molar-refractivity contribution in [2.24, 2.45) is 11.8 Å². The molecule has 1 aliphatic carbocycles. The van der Waals surface area contributed by atoms with E-state index in [1.807, 2.05) is 39.8 Å². The van der Waals surface area contributed by atoms with E-state index in [4.69, 9.17) is 5.73 Å². The van der Waals surface area contributed by atoms with Gasteiger partial charge in [0.1, 0.15) is 11.1 Å². The van der Waals surface area contributed by atoms with Gasteiger partial charge >= 0.3 is 6.03 Å². The number of fused-ring (bicyclic) bond motifs is 2. The Morgan fingerprint density at radius 1 is 1.35 bits per heavy atom. The molecule has 8 nitrogen and oxygen atoms in total. The number of thiophene rings is 1. The van der Waals surface area contributed by atoms with E-state index < -0.39 is 5.66 Å². The number of urea groups is 1. The second-order valence-electron chi connectivity index (χ2n) is 9.43. The van der Waals surface area contributed by atoms with Crippen molar-refractivity contribution in [3.8, 4) is 6.07 Å². The number of anilines is 1. The molecule has 1 aromatic heterocycles. The second kappa shape index (κ2) is 8.77. The minimum absolute atomic E-state index is 0.129. The molecule has 3 amide bonds. The van der Waals surface area contributed by atoms with E-state index in [0.717, 1.165) is 24.8 Å². The molecule has 9 heteroatoms. The number of likely N-dealkylation sites (tertiary alicyclic amines) is 1. The van der Waals surface area contributed by atoms with Crippen LogP contribution in [0.1, 0.15) is 43.2 Å². The van der Waals surface area contributed by atoms with Gasteiger partial charge in [0.05, 0.1) is 17.1 Å². The van der Waals surface area contributed by atoms with Gasteiger partial charge in [0.2, 0.25) is 5.91 Å². The van der Waals surface area contributed by atoms with Gasteiger partial charge in [-0.3, -0.25) is 14.6 Å².